The molecule has 3 rings (SSSR count). The Morgan fingerprint density at radius 3 is 2.74 bits per heavy atom. The fourth-order valence-corrected chi connectivity index (χ4v) is 4.12. The second-order valence-electron chi connectivity index (χ2n) is 7.99. The van der Waals surface area contributed by atoms with Crippen LogP contribution in [0.25, 0.3) is 0 Å². The van der Waals surface area contributed by atoms with E-state index in [4.69, 9.17) is 4.74 Å². The number of aliphatic hydroxyl groups excluding tert-OH is 1. The Bertz CT molecular complexity index is 614. The quantitative estimate of drug-likeness (QED) is 0.547. The second kappa shape index (κ2) is 5.42. The van der Waals surface area contributed by atoms with E-state index in [1.807, 2.05) is 19.9 Å². The van der Waals surface area contributed by atoms with Gasteiger partial charge in [-0.2, -0.15) is 0 Å². The van der Waals surface area contributed by atoms with E-state index in [0.717, 1.165) is 29.6 Å². The molecule has 3 nitrogen and oxygen atoms in total. The van der Waals surface area contributed by atoms with Crippen LogP contribution in [-0.4, -0.2) is 28.7 Å². The van der Waals surface area contributed by atoms with Crippen LogP contribution >= 0.6 is 0 Å². The van der Waals surface area contributed by atoms with Crippen molar-refractivity contribution in [3.63, 3.8) is 0 Å². The molecule has 1 N–H and O–H groups in total. The number of rotatable bonds is 0. The van der Waals surface area contributed by atoms with Crippen molar-refractivity contribution in [2.75, 3.05) is 0 Å². The lowest BCUT2D eigenvalue weighted by Gasteiger charge is -2.43. The minimum absolute atomic E-state index is 0.0478. The molecule has 5 unspecified atom stereocenters. The molecule has 126 valence electrons. The first-order valence-corrected chi connectivity index (χ1v) is 8.64. The van der Waals surface area contributed by atoms with E-state index in [0.29, 0.717) is 12.8 Å². The highest BCUT2D eigenvalue weighted by Gasteiger charge is 2.58. The molecule has 3 aliphatic rings. The molecular weight excluding hydrogens is 288 g/mol. The summed E-state index contributed by atoms with van der Waals surface area (Å²) in [4.78, 5) is 12.9. The van der Waals surface area contributed by atoms with Crippen molar-refractivity contribution in [3.8, 4) is 0 Å². The number of carbonyl (C=O) groups is 1. The number of epoxide rings is 1. The minimum Gasteiger partial charge on any atom is -0.389 e. The molecule has 5 atom stereocenters. The van der Waals surface area contributed by atoms with E-state index in [1.54, 1.807) is 0 Å². The molecule has 1 fully saturated rings. The third-order valence-electron chi connectivity index (χ3n) is 6.46. The van der Waals surface area contributed by atoms with Crippen molar-refractivity contribution in [2.24, 2.45) is 11.3 Å². The molecule has 2 aliphatic carbocycles. The van der Waals surface area contributed by atoms with E-state index < -0.39 is 6.10 Å². The Balaban J connectivity index is 2.02. The summed E-state index contributed by atoms with van der Waals surface area (Å²) < 4.78 is 5.79. The number of allylic oxidation sites excluding steroid dienone is 3. The second-order valence-corrected chi connectivity index (χ2v) is 7.99. The number of ketones is 1. The maximum atomic E-state index is 12.9. The fraction of sp³-hybridized carbons (Fsp3) is 0.650. The SMILES string of the molecule is C=C1CC=C2C(=O)C3OC3(C)CCC=C(C)C(O)CC1(C)C2C. The van der Waals surface area contributed by atoms with E-state index in [1.165, 1.54) is 0 Å². The van der Waals surface area contributed by atoms with Crippen molar-refractivity contribution >= 4 is 5.78 Å². The molecule has 0 saturated carbocycles. The number of hydrogen-bond acceptors (Lipinski definition) is 3. The van der Waals surface area contributed by atoms with Crippen LogP contribution < -0.4 is 0 Å². The predicted molar refractivity (Wildman–Crippen MR) is 91.0 cm³/mol. The Kier molecular flexibility index (Phi) is 3.93. The average molecular weight is 316 g/mol. The highest BCUT2D eigenvalue weighted by Crippen LogP contribution is 2.51. The summed E-state index contributed by atoms with van der Waals surface area (Å²) in [7, 11) is 0. The molecule has 0 aromatic carbocycles. The standard InChI is InChI=1S/C20H28O3/c1-12-7-6-10-20(5)18(23-20)17(22)15-9-8-13(2)19(4,14(15)3)11-16(12)21/h7,9,14,16,18,21H,2,6,8,10-11H2,1,3-5H3. The molecule has 0 aromatic heterocycles. The first-order valence-electron chi connectivity index (χ1n) is 8.64. The average Bonchev–Trinajstić information content (AvgIpc) is 3.16. The molecule has 0 amide bonds. The largest absolute Gasteiger partial charge is 0.389 e. The third-order valence-corrected chi connectivity index (χ3v) is 6.46. The molecule has 23 heavy (non-hydrogen) atoms. The van der Waals surface area contributed by atoms with Crippen LogP contribution in [0.4, 0.5) is 0 Å². The van der Waals surface area contributed by atoms with Gasteiger partial charge in [-0.1, -0.05) is 38.2 Å². The smallest absolute Gasteiger partial charge is 0.190 e. The van der Waals surface area contributed by atoms with Crippen molar-refractivity contribution in [3.05, 3.63) is 35.5 Å². The zero-order valence-corrected chi connectivity index (χ0v) is 14.7. The van der Waals surface area contributed by atoms with Gasteiger partial charge in [0.05, 0.1) is 6.10 Å². The summed E-state index contributed by atoms with van der Waals surface area (Å²) in [5.74, 6) is 0.182. The third kappa shape index (κ3) is 2.64. The highest BCUT2D eigenvalue weighted by atomic mass is 16.6. The summed E-state index contributed by atoms with van der Waals surface area (Å²) in [6, 6.07) is 0. The van der Waals surface area contributed by atoms with Crippen LogP contribution in [0.5, 0.6) is 0 Å². The first kappa shape index (κ1) is 16.7. The van der Waals surface area contributed by atoms with Crippen LogP contribution in [0.15, 0.2) is 35.5 Å². The first-order chi connectivity index (χ1) is 10.7. The Hall–Kier alpha value is -1.19. The van der Waals surface area contributed by atoms with Crippen molar-refractivity contribution in [1.82, 2.24) is 0 Å². The fourth-order valence-electron chi connectivity index (χ4n) is 4.12. The lowest BCUT2D eigenvalue weighted by atomic mass is 9.61. The van der Waals surface area contributed by atoms with Crippen LogP contribution in [0, 0.1) is 11.3 Å². The minimum atomic E-state index is -0.489. The van der Waals surface area contributed by atoms with E-state index in [2.05, 4.69) is 26.5 Å². The van der Waals surface area contributed by atoms with E-state index in [9.17, 15) is 9.90 Å². The topological polar surface area (TPSA) is 49.8 Å². The van der Waals surface area contributed by atoms with Crippen molar-refractivity contribution < 1.29 is 14.6 Å². The Labute approximate surface area is 139 Å². The van der Waals surface area contributed by atoms with Gasteiger partial charge in [0.15, 0.2) is 5.78 Å². The number of hydrogen-bond donors (Lipinski definition) is 1. The van der Waals surface area contributed by atoms with Gasteiger partial charge in [0.1, 0.15) is 11.7 Å². The van der Waals surface area contributed by atoms with Gasteiger partial charge >= 0.3 is 0 Å². The molecule has 0 radical (unpaired) electrons. The molecule has 2 bridgehead atoms. The van der Waals surface area contributed by atoms with Gasteiger partial charge in [-0.15, -0.1) is 0 Å². The number of Topliss-reactive ketones (excluding diaryl/α,β-unsaturated/α-hetero) is 1. The van der Waals surface area contributed by atoms with Crippen molar-refractivity contribution in [1.29, 1.82) is 0 Å². The van der Waals surface area contributed by atoms with Crippen LogP contribution in [0.1, 0.15) is 53.4 Å². The number of carbonyl (C=O) groups excluding carboxylic acids is 1. The van der Waals surface area contributed by atoms with Gasteiger partial charge < -0.3 is 9.84 Å². The number of ether oxygens (including phenoxy) is 1. The van der Waals surface area contributed by atoms with Gasteiger partial charge in [-0.3, -0.25) is 4.79 Å². The van der Waals surface area contributed by atoms with Crippen LogP contribution in [-0.2, 0) is 9.53 Å². The molecule has 1 heterocycles. The van der Waals surface area contributed by atoms with E-state index in [-0.39, 0.29) is 28.8 Å². The highest BCUT2D eigenvalue weighted by molar-refractivity contribution is 6.02. The lowest BCUT2D eigenvalue weighted by molar-refractivity contribution is -0.117. The summed E-state index contributed by atoms with van der Waals surface area (Å²) >= 11 is 0. The molecule has 1 saturated heterocycles. The summed E-state index contributed by atoms with van der Waals surface area (Å²) in [6.07, 6.45) is 6.30. The van der Waals surface area contributed by atoms with Gasteiger partial charge in [-0.25, -0.2) is 0 Å². The molecule has 0 aromatic rings. The summed E-state index contributed by atoms with van der Waals surface area (Å²) in [5, 5.41) is 10.6. The molecular formula is C20H28O3. The zero-order chi connectivity index (χ0) is 17.0. The summed E-state index contributed by atoms with van der Waals surface area (Å²) in [6.45, 7) is 12.5. The Morgan fingerprint density at radius 2 is 2.04 bits per heavy atom. The monoisotopic (exact) mass is 316 g/mol. The molecule has 1 aliphatic heterocycles. The maximum absolute atomic E-state index is 12.9. The van der Waals surface area contributed by atoms with E-state index >= 15 is 0 Å². The summed E-state index contributed by atoms with van der Waals surface area (Å²) in [5.41, 5.74) is 2.37. The van der Waals surface area contributed by atoms with Gasteiger partial charge in [0.25, 0.3) is 0 Å². The molecule has 3 heteroatoms. The van der Waals surface area contributed by atoms with Gasteiger partial charge in [0, 0.05) is 0 Å². The van der Waals surface area contributed by atoms with Gasteiger partial charge in [0.2, 0.25) is 0 Å². The molecule has 0 spiro atoms. The maximum Gasteiger partial charge on any atom is 0.190 e. The Morgan fingerprint density at radius 1 is 1.35 bits per heavy atom. The van der Waals surface area contributed by atoms with Crippen LogP contribution in [0.3, 0.4) is 0 Å². The number of aliphatic hydroxyl groups is 1. The zero-order valence-electron chi connectivity index (χ0n) is 14.7. The van der Waals surface area contributed by atoms with Gasteiger partial charge in [-0.05, 0) is 62.0 Å². The predicted octanol–water partition coefficient (Wildman–Crippen LogP) is 3.73. The van der Waals surface area contributed by atoms with Crippen molar-refractivity contribution in [2.45, 2.75) is 71.2 Å². The number of fused-ring (bicyclic) bond motifs is 3. The van der Waals surface area contributed by atoms with Crippen LogP contribution in [0.2, 0.25) is 0 Å². The normalized spacial score (nSPS) is 44.5. The lowest BCUT2D eigenvalue weighted by Crippen LogP contribution is -2.38.